The largest absolute Gasteiger partial charge is 0.215 e. The smallest absolute Gasteiger partial charge is 0.201 e. The SMILES string of the molecule is Cc1cc(-c2c(C)cccc2C)[n+](C)cc1C.Cc1ccc(-c2c(C)ccc(C)[n+]2C)c(C)c1.Cc1cccc(-c2c(C)ccc(C)[n+]2C)c1C.Cc1cccc(-c2c(C)ccc(C)[n+]2C)c1C.[2H]C([2H])([2H])c1c[n+](C)c(-c2c(C)cccc2C)cc1C.[2H]C([2H])([2H])c1ccc(C)c(-c2cccc(C)c2C)[n+]1C.[2H]C([2H])([2H])c1ccc(C)c(-c2cccc(C)c2C)[n+]1C. The molecule has 14 rings (SSSR count). The molecule has 0 aliphatic carbocycles. The van der Waals surface area contributed by atoms with Gasteiger partial charge < -0.3 is 0 Å². The Bertz CT molecular complexity index is 6160. The van der Waals surface area contributed by atoms with Gasteiger partial charge in [-0.2, -0.15) is 22.8 Å². The minimum absolute atomic E-state index is 0.360. The highest BCUT2D eigenvalue weighted by atomic mass is 15.0. The van der Waals surface area contributed by atoms with E-state index in [0.29, 0.717) is 17.0 Å². The second-order valence-electron chi connectivity index (χ2n) is 33.2. The lowest BCUT2D eigenvalue weighted by Gasteiger charge is -2.10. The van der Waals surface area contributed by atoms with E-state index in [4.69, 9.17) is 12.3 Å². The van der Waals surface area contributed by atoms with Crippen molar-refractivity contribution in [2.24, 2.45) is 49.3 Å². The Kier molecular flexibility index (Phi) is 27.5. The summed E-state index contributed by atoms with van der Waals surface area (Å²) in [5.41, 5.74) is 49.6. The molecule has 0 N–H and O–H groups in total. The highest BCUT2D eigenvalue weighted by molar-refractivity contribution is 5.71. The first-order chi connectivity index (χ1) is 59.7. The lowest BCUT2D eigenvalue weighted by atomic mass is 9.97. The van der Waals surface area contributed by atoms with Crippen molar-refractivity contribution in [3.63, 3.8) is 0 Å². The summed E-state index contributed by atoms with van der Waals surface area (Å²) in [5, 5.41) is 0. The van der Waals surface area contributed by atoms with Gasteiger partial charge in [0.2, 0.25) is 39.9 Å². The fourth-order valence-electron chi connectivity index (χ4n) is 15.8. The Hall–Kier alpha value is -11.4. The molecule has 0 spiro atoms. The van der Waals surface area contributed by atoms with Crippen molar-refractivity contribution >= 4 is 0 Å². The molecule has 119 heavy (non-hydrogen) atoms. The van der Waals surface area contributed by atoms with Crippen LogP contribution in [0.25, 0.3) is 78.8 Å². The number of aromatic nitrogens is 7. The molecule has 0 atom stereocenters. The molecule has 0 amide bonds. The molecule has 7 heterocycles. The normalized spacial score (nSPS) is 12.1. The highest BCUT2D eigenvalue weighted by Gasteiger charge is 2.25. The Morgan fingerprint density at radius 3 is 0.731 bits per heavy atom. The number of hydrogen-bond acceptors (Lipinski definition) is 0. The molecule has 616 valence electrons. The molecule has 0 fully saturated rings. The quantitative estimate of drug-likeness (QED) is 0.142. The van der Waals surface area contributed by atoms with Crippen LogP contribution in [0.4, 0.5) is 0 Å². The van der Waals surface area contributed by atoms with Crippen LogP contribution in [0.3, 0.4) is 0 Å². The first-order valence-corrected chi connectivity index (χ1v) is 41.6. The third-order valence-corrected chi connectivity index (χ3v) is 24.3. The molecule has 0 aliphatic heterocycles. The Balaban J connectivity index is 0.000000185. The van der Waals surface area contributed by atoms with Gasteiger partial charge in [-0.1, -0.05) is 103 Å². The van der Waals surface area contributed by atoms with E-state index in [-0.39, 0.29) is 0 Å². The maximum Gasteiger partial charge on any atom is 0.215 e. The zero-order chi connectivity index (χ0) is 95.5. The van der Waals surface area contributed by atoms with E-state index in [1.54, 1.807) is 27.5 Å². The molecule has 0 saturated carbocycles. The molecular formula is C112H140N7+7. The van der Waals surface area contributed by atoms with Crippen LogP contribution in [-0.2, 0) is 49.3 Å². The number of benzene rings is 7. The van der Waals surface area contributed by atoms with Crippen molar-refractivity contribution < 1.29 is 44.3 Å². The summed E-state index contributed by atoms with van der Waals surface area (Å²) in [6.07, 6.45) is 3.93. The zero-order valence-corrected chi connectivity index (χ0v) is 77.8. The maximum absolute atomic E-state index is 7.65. The second kappa shape index (κ2) is 40.8. The van der Waals surface area contributed by atoms with Gasteiger partial charge >= 0.3 is 0 Å². The van der Waals surface area contributed by atoms with Gasteiger partial charge in [-0.15, -0.1) is 0 Å². The number of hydrogen-bond donors (Lipinski definition) is 0. The molecule has 0 bridgehead atoms. The molecule has 0 saturated heterocycles. The van der Waals surface area contributed by atoms with Crippen LogP contribution >= 0.6 is 0 Å². The van der Waals surface area contributed by atoms with E-state index in [9.17, 15) is 0 Å². The van der Waals surface area contributed by atoms with E-state index in [0.717, 1.165) is 44.9 Å². The highest BCUT2D eigenvalue weighted by Crippen LogP contribution is 2.33. The fourth-order valence-corrected chi connectivity index (χ4v) is 15.8. The summed E-state index contributed by atoms with van der Waals surface area (Å²) < 4.78 is 83.2. The standard InChI is InChI=1S/7C16H20N/c1-11-6-9-15(13(3)10-11)16-12(2)7-8-14(4)17(16)5;2*1-11-7-6-8-12(2)16(11)15-9-13(3)14(4)10-17(15)5;4*1-11-7-6-8-15(14(11)4)16-12(2)9-10-13(3)17(16)5/h7*6-10H,1-5H3/q7*+1/i;4D3;;2*3D3;;. The van der Waals surface area contributed by atoms with Crippen molar-refractivity contribution in [1.29, 1.82) is 0 Å². The molecule has 0 unspecified atom stereocenters. The van der Waals surface area contributed by atoms with Gasteiger partial charge in [0.15, 0.2) is 40.9 Å². The summed E-state index contributed by atoms with van der Waals surface area (Å²) in [6, 6.07) is 69.2. The van der Waals surface area contributed by atoms with Crippen molar-refractivity contribution in [2.45, 2.75) is 194 Å². The second-order valence-corrected chi connectivity index (χ2v) is 33.2. The van der Waals surface area contributed by atoms with E-state index in [2.05, 4.69) is 345 Å². The first kappa shape index (κ1) is 80.0. The molecular weight excluding hydrogens is 1440 g/mol. The topological polar surface area (TPSA) is 27.2 Å². The number of rotatable bonds is 7. The summed E-state index contributed by atoms with van der Waals surface area (Å²) in [4.78, 5) is 0. The summed E-state index contributed by atoms with van der Waals surface area (Å²) in [5.74, 6) is 0. The van der Waals surface area contributed by atoms with Crippen LogP contribution < -0.4 is 32.0 Å². The fraction of sp³-hybridized carbons (Fsp3) is 0.312. The average molecular weight is 1590 g/mol. The van der Waals surface area contributed by atoms with Gasteiger partial charge in [-0.05, 0) is 303 Å². The van der Waals surface area contributed by atoms with Crippen LogP contribution in [-0.4, -0.2) is 0 Å². The van der Waals surface area contributed by atoms with Crippen LogP contribution in [0.5, 0.6) is 0 Å². The molecule has 7 nitrogen and oxygen atoms in total. The van der Waals surface area contributed by atoms with Gasteiger partial charge in [-0.25, -0.2) is 9.13 Å². The van der Waals surface area contributed by atoms with Gasteiger partial charge in [0.1, 0.15) is 49.3 Å². The zero-order valence-electron chi connectivity index (χ0n) is 86.8. The van der Waals surface area contributed by atoms with Gasteiger partial charge in [0.05, 0.1) is 11.1 Å². The lowest BCUT2D eigenvalue weighted by Crippen LogP contribution is -2.35. The minimum Gasteiger partial charge on any atom is -0.201 e. The molecule has 0 radical (unpaired) electrons. The third-order valence-electron chi connectivity index (χ3n) is 24.3. The van der Waals surface area contributed by atoms with Crippen molar-refractivity contribution in [3.8, 4) is 78.8 Å². The predicted octanol–water partition coefficient (Wildman–Crippen LogP) is 23.9. The molecule has 7 heteroatoms. The van der Waals surface area contributed by atoms with E-state index in [1.807, 2.05) is 95.0 Å². The summed E-state index contributed by atoms with van der Waals surface area (Å²) in [6.45, 7) is 46.8. The predicted molar refractivity (Wildman–Crippen MR) is 504 cm³/mol. The van der Waals surface area contributed by atoms with E-state index in [1.165, 1.54) is 173 Å². The Morgan fingerprint density at radius 2 is 0.445 bits per heavy atom. The average Bonchev–Trinajstić information content (AvgIpc) is 0.775. The van der Waals surface area contributed by atoms with Gasteiger partial charge in [0.25, 0.3) is 0 Å². The molecule has 0 aliphatic rings. The number of aryl methyl sites for hydroxylation is 26. The minimum atomic E-state index is -2.10. The summed E-state index contributed by atoms with van der Waals surface area (Å²) >= 11 is 0. The van der Waals surface area contributed by atoms with Crippen molar-refractivity contribution in [3.05, 3.63) is 369 Å². The van der Waals surface area contributed by atoms with E-state index < -0.39 is 20.6 Å². The van der Waals surface area contributed by atoms with Crippen LogP contribution in [0.15, 0.2) is 213 Å². The summed E-state index contributed by atoms with van der Waals surface area (Å²) in [7, 11) is 14.1. The Morgan fingerprint density at radius 1 is 0.193 bits per heavy atom. The van der Waals surface area contributed by atoms with Gasteiger partial charge in [-0.3, -0.25) is 0 Å². The van der Waals surface area contributed by atoms with Crippen LogP contribution in [0.2, 0.25) is 0 Å². The molecule has 7 aromatic heterocycles. The van der Waals surface area contributed by atoms with E-state index >= 15 is 0 Å². The van der Waals surface area contributed by atoms with Gasteiger partial charge in [0, 0.05) is 156 Å². The number of nitrogens with zero attached hydrogens (tertiary/aromatic N) is 7. The Labute approximate surface area is 731 Å². The lowest BCUT2D eigenvalue weighted by molar-refractivity contribution is -0.667. The number of pyridine rings is 7. The van der Waals surface area contributed by atoms with Crippen LogP contribution in [0, 0.1) is 194 Å². The maximum atomic E-state index is 7.65. The molecule has 14 aromatic rings. The monoisotopic (exact) mass is 1590 g/mol. The van der Waals surface area contributed by atoms with Crippen molar-refractivity contribution in [1.82, 2.24) is 0 Å². The molecule has 7 aromatic carbocycles. The third kappa shape index (κ3) is 21.9. The van der Waals surface area contributed by atoms with Crippen LogP contribution in [0.1, 0.15) is 169 Å². The van der Waals surface area contributed by atoms with Crippen molar-refractivity contribution in [2.75, 3.05) is 0 Å². The first-order valence-electron chi connectivity index (χ1n) is 46.1.